The lowest BCUT2D eigenvalue weighted by molar-refractivity contribution is -0.193. The highest BCUT2D eigenvalue weighted by atomic mass is 31.2. The van der Waals surface area contributed by atoms with Crippen molar-refractivity contribution in [1.82, 2.24) is 29.3 Å². The summed E-state index contributed by atoms with van der Waals surface area (Å²) in [4.78, 5) is 83.6. The quantitative estimate of drug-likeness (QED) is 0.0833. The lowest BCUT2D eigenvalue weighted by atomic mass is 9.90. The minimum absolute atomic E-state index is 0.0974. The zero-order valence-corrected chi connectivity index (χ0v) is 42.6. The number of nitrogens with one attached hydrogen (secondary N) is 4. The number of nitrogens with zero attached hydrogens (tertiary/aromatic N) is 2. The summed E-state index contributed by atoms with van der Waals surface area (Å²) in [5, 5.41) is 16.3. The summed E-state index contributed by atoms with van der Waals surface area (Å²) in [6.45, 7) is 14.7. The van der Waals surface area contributed by atoms with E-state index in [4.69, 9.17) is 46.7 Å². The first-order valence-electron chi connectivity index (χ1n) is 22.2. The van der Waals surface area contributed by atoms with Crippen LogP contribution in [-0.2, 0) is 46.8 Å². The van der Waals surface area contributed by atoms with E-state index < -0.39 is 92.6 Å². The summed E-state index contributed by atoms with van der Waals surface area (Å²) < 4.78 is 93.9. The van der Waals surface area contributed by atoms with Crippen molar-refractivity contribution in [3.63, 3.8) is 0 Å². The number of ether oxygens (including phenoxy) is 2. The van der Waals surface area contributed by atoms with Gasteiger partial charge in [-0.15, -0.1) is 0 Å². The number of benzene rings is 2. The lowest BCUT2D eigenvalue weighted by Crippen LogP contribution is -2.43. The standard InChI is InChI=1S/C22H31FN3O6P.C21H29FN3O7P.2CO2/c1-14(2)16(4)25-33(29,32-17-9-7-6-8-10-17)30-13-18-15(3)22(5,23)20(31-18)26-12-11-19(27)24-21(26)28;1-13(2)14(3)24-33(29,32-15-8-6-5-7-9-15)30-12-16-18(27)21(4,22)19(31-16)25-11-10-17(26)23-20(25)28;2*2-1-3/h6-12,14-16,18,20H,13H2,1-5H3,(H,25,29)(H,24,27,28);5-11,13-14,16,18-19,27H,12H2,1-4H3,(H,24,29)(H,23,26,28);;/t15-,16+,18-,20-,22-,33?;14-,16+,18+,19+,21+,33?;;/m10../s1. The molecular weight excluding hydrogens is 996 g/mol. The first-order chi connectivity index (χ1) is 33.7. The van der Waals surface area contributed by atoms with E-state index in [1.54, 1.807) is 67.6 Å². The van der Waals surface area contributed by atoms with Crippen molar-refractivity contribution in [2.24, 2.45) is 17.8 Å². The molecule has 0 spiro atoms. The molecule has 27 heteroatoms. The van der Waals surface area contributed by atoms with E-state index in [0.29, 0.717) is 11.5 Å². The molecule has 2 unspecified atom stereocenters. The van der Waals surface area contributed by atoms with Crippen molar-refractivity contribution in [3.8, 4) is 11.5 Å². The van der Waals surface area contributed by atoms with Crippen LogP contribution in [0.2, 0.25) is 0 Å². The third-order valence-corrected chi connectivity index (χ3v) is 15.0. The van der Waals surface area contributed by atoms with Gasteiger partial charge in [0.05, 0.1) is 19.3 Å². The molecule has 4 aromatic rings. The predicted molar refractivity (Wildman–Crippen MR) is 251 cm³/mol. The molecule has 2 saturated heterocycles. The molecule has 0 aliphatic carbocycles. The van der Waals surface area contributed by atoms with Gasteiger partial charge in [-0.1, -0.05) is 71.0 Å². The maximum atomic E-state index is 15.6. The number of hydrogen-bond acceptors (Lipinski definition) is 17. The molecule has 12 atom stereocenters. The van der Waals surface area contributed by atoms with Crippen LogP contribution in [0, 0.1) is 17.8 Å². The van der Waals surface area contributed by atoms with Crippen molar-refractivity contribution in [2.75, 3.05) is 13.2 Å². The van der Waals surface area contributed by atoms with Gasteiger partial charge >= 0.3 is 39.2 Å². The van der Waals surface area contributed by atoms with E-state index in [9.17, 15) is 33.4 Å². The fourth-order valence-corrected chi connectivity index (χ4v) is 10.1. The second-order valence-electron chi connectivity index (χ2n) is 17.5. The Morgan fingerprint density at radius 3 is 1.36 bits per heavy atom. The largest absolute Gasteiger partial charge is 0.459 e. The number of aliphatic hydroxyl groups excluding tert-OH is 1. The van der Waals surface area contributed by atoms with Crippen LogP contribution in [0.15, 0.2) is 104 Å². The molecular formula is C45H60F2N6O17P2. The molecule has 23 nitrogen and oxygen atoms in total. The van der Waals surface area contributed by atoms with E-state index in [1.807, 2.05) is 46.5 Å². The van der Waals surface area contributed by atoms with Gasteiger partial charge in [0.25, 0.3) is 11.1 Å². The number of rotatable bonds is 18. The minimum atomic E-state index is -3.96. The van der Waals surface area contributed by atoms with E-state index in [1.165, 1.54) is 13.1 Å². The molecule has 6 rings (SSSR count). The Balaban J connectivity index is 0.000000343. The molecule has 0 saturated carbocycles. The van der Waals surface area contributed by atoms with Crippen molar-refractivity contribution >= 4 is 27.8 Å². The van der Waals surface area contributed by atoms with Crippen LogP contribution in [0.25, 0.3) is 0 Å². The Morgan fingerprint density at radius 1 is 0.653 bits per heavy atom. The Labute approximate surface area is 411 Å². The number of H-pyrrole nitrogens is 2. The zero-order valence-electron chi connectivity index (χ0n) is 40.8. The first kappa shape index (κ1) is 60.5. The van der Waals surface area contributed by atoms with Crippen LogP contribution in [0.5, 0.6) is 11.5 Å². The van der Waals surface area contributed by atoms with Crippen LogP contribution in [0.4, 0.5) is 8.78 Å². The van der Waals surface area contributed by atoms with Gasteiger partial charge in [0, 0.05) is 42.5 Å². The highest BCUT2D eigenvalue weighted by Crippen LogP contribution is 2.50. The molecule has 0 amide bonds. The van der Waals surface area contributed by atoms with E-state index in [-0.39, 0.29) is 42.8 Å². The number of carbonyl (C=O) groups excluding carboxylic acids is 4. The molecule has 72 heavy (non-hydrogen) atoms. The minimum Gasteiger partial charge on any atom is -0.413 e. The second-order valence-corrected chi connectivity index (χ2v) is 20.9. The van der Waals surface area contributed by atoms with Crippen molar-refractivity contribution < 1.29 is 69.8 Å². The average Bonchev–Trinajstić information content (AvgIpc) is 3.67. The number of halogens is 2. The molecule has 2 aromatic carbocycles. The molecule has 0 bridgehead atoms. The zero-order chi connectivity index (χ0) is 54.2. The second kappa shape index (κ2) is 26.8. The molecule has 2 aromatic heterocycles. The summed E-state index contributed by atoms with van der Waals surface area (Å²) in [6, 6.07) is 18.7. The highest BCUT2D eigenvalue weighted by Gasteiger charge is 2.56. The normalized spacial score (nSPS) is 25.8. The molecule has 2 aliphatic rings. The number of aromatic amines is 2. The topological polar surface area (TPSA) is 312 Å². The van der Waals surface area contributed by atoms with Crippen LogP contribution in [0.3, 0.4) is 0 Å². The maximum Gasteiger partial charge on any atom is 0.459 e. The molecule has 2 aliphatic heterocycles. The van der Waals surface area contributed by atoms with E-state index in [0.717, 1.165) is 34.4 Å². The number of aromatic nitrogens is 4. The Bertz CT molecular complexity index is 2580. The monoisotopic (exact) mass is 1060 g/mol. The smallest absolute Gasteiger partial charge is 0.413 e. The number of alkyl halides is 2. The average molecular weight is 1060 g/mol. The van der Waals surface area contributed by atoms with Gasteiger partial charge in [-0.25, -0.2) is 37.7 Å². The fraction of sp³-hybridized carbons (Fsp3) is 0.511. The number of aliphatic hydroxyl groups is 1. The lowest BCUT2D eigenvalue weighted by Gasteiger charge is -2.27. The van der Waals surface area contributed by atoms with Crippen molar-refractivity contribution in [3.05, 3.63) is 127 Å². The van der Waals surface area contributed by atoms with E-state index >= 15 is 8.78 Å². The third kappa shape index (κ3) is 16.6. The Morgan fingerprint density at radius 2 is 1.00 bits per heavy atom. The summed E-state index contributed by atoms with van der Waals surface area (Å²) in [7, 11) is -7.81. The van der Waals surface area contributed by atoms with Crippen molar-refractivity contribution in [1.29, 1.82) is 0 Å². The summed E-state index contributed by atoms with van der Waals surface area (Å²) in [6.07, 6.45) is -3.87. The molecule has 396 valence electrons. The summed E-state index contributed by atoms with van der Waals surface area (Å²) in [5.74, 6) is 0.186. The number of hydrogen-bond donors (Lipinski definition) is 5. The summed E-state index contributed by atoms with van der Waals surface area (Å²) in [5.41, 5.74) is -7.28. The highest BCUT2D eigenvalue weighted by molar-refractivity contribution is 7.52. The van der Waals surface area contributed by atoms with Gasteiger partial charge < -0.3 is 23.6 Å². The van der Waals surface area contributed by atoms with Gasteiger partial charge in [-0.2, -0.15) is 19.2 Å². The van der Waals surface area contributed by atoms with Gasteiger partial charge in [0.15, 0.2) is 23.8 Å². The molecule has 5 N–H and O–H groups in total. The van der Waals surface area contributed by atoms with Crippen LogP contribution < -0.4 is 41.7 Å². The van der Waals surface area contributed by atoms with Gasteiger partial charge in [0.1, 0.15) is 23.7 Å². The van der Waals surface area contributed by atoms with Crippen LogP contribution in [0.1, 0.15) is 74.8 Å². The SMILES string of the molecule is CC(C)[C@H](C)NP(=O)(OC[C@H]1O[C@@H](n2ccc(=O)[nH]c2=O)[C@](C)(F)[C@@H]1C)Oc1ccccc1.CC(C)[C@H](C)NP(=O)(OC[C@H]1O[C@@H](n2ccc(=O)[nH]c2=O)[C@](C)(F)[C@@H]1O)Oc1ccccc1.O=C=O.O=C=O. The summed E-state index contributed by atoms with van der Waals surface area (Å²) >= 11 is 0. The molecule has 0 radical (unpaired) electrons. The third-order valence-electron chi connectivity index (χ3n) is 11.6. The molecule has 2 fully saturated rings. The van der Waals surface area contributed by atoms with Crippen molar-refractivity contribution in [2.45, 2.75) is 117 Å². The van der Waals surface area contributed by atoms with Crippen LogP contribution >= 0.6 is 15.5 Å². The van der Waals surface area contributed by atoms with E-state index in [2.05, 4.69) is 15.2 Å². The first-order valence-corrected chi connectivity index (χ1v) is 25.3. The Kier molecular flexibility index (Phi) is 22.5. The maximum absolute atomic E-state index is 15.6. The predicted octanol–water partition coefficient (Wildman–Crippen LogP) is 4.83. The van der Waals surface area contributed by atoms with Crippen LogP contribution in [-0.4, -0.2) is 91.5 Å². The van der Waals surface area contributed by atoms with Gasteiger partial charge in [-0.3, -0.25) is 37.7 Å². The van der Waals surface area contributed by atoms with Gasteiger partial charge in [0.2, 0.25) is 0 Å². The van der Waals surface area contributed by atoms with Gasteiger partial charge in [-0.05, 0) is 63.8 Å². The fourth-order valence-electron chi connectivity index (χ4n) is 6.66. The number of para-hydroxylation sites is 2. The Hall–Kier alpha value is -5.80. The molecule has 4 heterocycles.